The first kappa shape index (κ1) is 17.0. The summed E-state index contributed by atoms with van der Waals surface area (Å²) in [6.45, 7) is 3.25. The van der Waals surface area contributed by atoms with Crippen LogP contribution in [0, 0.1) is 5.92 Å². The van der Waals surface area contributed by atoms with Gasteiger partial charge in [-0.2, -0.15) is 0 Å². The number of rotatable bonds is 5. The van der Waals surface area contributed by atoms with Gasteiger partial charge in [0.05, 0.1) is 5.92 Å². The SMILES string of the molecule is CCNC(=O)c1cccc(CNC(=O)[C@@H]2COc3ccccc3C2)c1. The van der Waals surface area contributed by atoms with Gasteiger partial charge in [0, 0.05) is 18.7 Å². The molecule has 25 heavy (non-hydrogen) atoms. The van der Waals surface area contributed by atoms with Crippen LogP contribution in [0.3, 0.4) is 0 Å². The molecule has 0 saturated carbocycles. The summed E-state index contributed by atoms with van der Waals surface area (Å²) in [5.41, 5.74) is 2.56. The van der Waals surface area contributed by atoms with E-state index < -0.39 is 0 Å². The van der Waals surface area contributed by atoms with E-state index in [1.807, 2.05) is 43.3 Å². The second-order valence-electron chi connectivity index (χ2n) is 6.10. The zero-order valence-electron chi connectivity index (χ0n) is 14.2. The Morgan fingerprint density at radius 1 is 1.12 bits per heavy atom. The lowest BCUT2D eigenvalue weighted by molar-refractivity contribution is -0.126. The van der Waals surface area contributed by atoms with Gasteiger partial charge in [-0.15, -0.1) is 0 Å². The van der Waals surface area contributed by atoms with Crippen molar-refractivity contribution in [3.63, 3.8) is 0 Å². The molecule has 0 spiro atoms. The summed E-state index contributed by atoms with van der Waals surface area (Å²) in [7, 11) is 0. The Morgan fingerprint density at radius 3 is 2.80 bits per heavy atom. The number of carbonyl (C=O) groups is 2. The normalized spacial score (nSPS) is 15.6. The number of amides is 2. The van der Waals surface area contributed by atoms with Crippen LogP contribution in [0.15, 0.2) is 48.5 Å². The van der Waals surface area contributed by atoms with Gasteiger partial charge in [0.15, 0.2) is 0 Å². The van der Waals surface area contributed by atoms with Crippen molar-refractivity contribution in [3.05, 3.63) is 65.2 Å². The molecule has 0 saturated heterocycles. The highest BCUT2D eigenvalue weighted by Crippen LogP contribution is 2.26. The first-order valence-corrected chi connectivity index (χ1v) is 8.53. The molecular weight excluding hydrogens is 316 g/mol. The van der Waals surface area contributed by atoms with Crippen molar-refractivity contribution in [2.45, 2.75) is 19.9 Å². The maximum Gasteiger partial charge on any atom is 0.251 e. The van der Waals surface area contributed by atoms with Crippen LogP contribution in [0.5, 0.6) is 5.75 Å². The highest BCUT2D eigenvalue weighted by Gasteiger charge is 2.25. The Kier molecular flexibility index (Phi) is 5.33. The summed E-state index contributed by atoms with van der Waals surface area (Å²) in [5, 5.41) is 5.72. The van der Waals surface area contributed by atoms with E-state index in [-0.39, 0.29) is 17.7 Å². The Morgan fingerprint density at radius 2 is 1.96 bits per heavy atom. The molecule has 0 radical (unpaired) electrons. The predicted molar refractivity (Wildman–Crippen MR) is 95.4 cm³/mol. The van der Waals surface area contributed by atoms with E-state index in [4.69, 9.17) is 4.74 Å². The minimum atomic E-state index is -0.193. The standard InChI is InChI=1S/C20H22N2O3/c1-2-21-19(23)16-8-5-6-14(10-16)12-22-20(24)17-11-15-7-3-4-9-18(15)25-13-17/h3-10,17H,2,11-13H2,1H3,(H,21,23)(H,22,24)/t17-/m0/s1. The number of hydrogen-bond donors (Lipinski definition) is 2. The molecule has 3 rings (SSSR count). The minimum absolute atomic E-state index is 0.0297. The fraction of sp³-hybridized carbons (Fsp3) is 0.300. The van der Waals surface area contributed by atoms with Crippen molar-refractivity contribution in [3.8, 4) is 5.75 Å². The summed E-state index contributed by atoms with van der Waals surface area (Å²) < 4.78 is 5.67. The number of ether oxygens (including phenoxy) is 1. The molecule has 0 bridgehead atoms. The Balaban J connectivity index is 1.58. The second-order valence-corrected chi connectivity index (χ2v) is 6.10. The lowest BCUT2D eigenvalue weighted by Gasteiger charge is -2.24. The van der Waals surface area contributed by atoms with Crippen molar-refractivity contribution < 1.29 is 14.3 Å². The first-order valence-electron chi connectivity index (χ1n) is 8.53. The summed E-state index contributed by atoms with van der Waals surface area (Å²) in [5.74, 6) is 0.536. The van der Waals surface area contributed by atoms with Crippen molar-refractivity contribution >= 4 is 11.8 Å². The van der Waals surface area contributed by atoms with Crippen LogP contribution in [0.2, 0.25) is 0 Å². The molecule has 2 aromatic rings. The van der Waals surface area contributed by atoms with Crippen LogP contribution in [0.1, 0.15) is 28.4 Å². The van der Waals surface area contributed by atoms with Gasteiger partial charge in [-0.1, -0.05) is 30.3 Å². The van der Waals surface area contributed by atoms with E-state index in [1.54, 1.807) is 12.1 Å². The maximum atomic E-state index is 12.4. The third kappa shape index (κ3) is 4.18. The zero-order chi connectivity index (χ0) is 17.6. The average Bonchev–Trinajstić information content (AvgIpc) is 2.66. The fourth-order valence-corrected chi connectivity index (χ4v) is 2.92. The van der Waals surface area contributed by atoms with Crippen LogP contribution in [0.25, 0.3) is 0 Å². The summed E-state index contributed by atoms with van der Waals surface area (Å²) in [6, 6.07) is 15.1. The summed E-state index contributed by atoms with van der Waals surface area (Å²) in [6.07, 6.45) is 0.682. The van der Waals surface area contributed by atoms with Crippen LogP contribution in [-0.4, -0.2) is 25.0 Å². The van der Waals surface area contributed by atoms with E-state index >= 15 is 0 Å². The molecule has 1 atom stereocenters. The number of hydrogen-bond acceptors (Lipinski definition) is 3. The lowest BCUT2D eigenvalue weighted by Crippen LogP contribution is -2.37. The zero-order valence-corrected chi connectivity index (χ0v) is 14.2. The monoisotopic (exact) mass is 338 g/mol. The summed E-state index contributed by atoms with van der Waals surface area (Å²) in [4.78, 5) is 24.3. The second kappa shape index (κ2) is 7.83. The van der Waals surface area contributed by atoms with Crippen molar-refractivity contribution in [1.29, 1.82) is 0 Å². The van der Waals surface area contributed by atoms with Gasteiger partial charge in [-0.05, 0) is 42.7 Å². The van der Waals surface area contributed by atoms with Gasteiger partial charge < -0.3 is 15.4 Å². The number of fused-ring (bicyclic) bond motifs is 1. The fourth-order valence-electron chi connectivity index (χ4n) is 2.92. The predicted octanol–water partition coefficient (Wildman–Crippen LogP) is 2.30. The molecule has 0 aliphatic carbocycles. The van der Waals surface area contributed by atoms with E-state index in [1.165, 1.54) is 0 Å². The summed E-state index contributed by atoms with van der Waals surface area (Å²) >= 11 is 0. The third-order valence-electron chi connectivity index (χ3n) is 4.24. The highest BCUT2D eigenvalue weighted by atomic mass is 16.5. The molecule has 1 aliphatic rings. The Bertz CT molecular complexity index is 773. The van der Waals surface area contributed by atoms with Crippen LogP contribution >= 0.6 is 0 Å². The first-order chi connectivity index (χ1) is 12.2. The van der Waals surface area contributed by atoms with Crippen LogP contribution in [-0.2, 0) is 17.8 Å². The molecule has 2 aromatic carbocycles. The van der Waals surface area contributed by atoms with Gasteiger partial charge in [0.25, 0.3) is 5.91 Å². The van der Waals surface area contributed by atoms with E-state index in [2.05, 4.69) is 10.6 Å². The van der Waals surface area contributed by atoms with Crippen molar-refractivity contribution in [2.24, 2.45) is 5.92 Å². The molecular formula is C20H22N2O3. The molecule has 1 heterocycles. The highest BCUT2D eigenvalue weighted by molar-refractivity contribution is 5.94. The van der Waals surface area contributed by atoms with Gasteiger partial charge >= 0.3 is 0 Å². The molecule has 0 aromatic heterocycles. The van der Waals surface area contributed by atoms with Gasteiger partial charge in [-0.3, -0.25) is 9.59 Å². The van der Waals surface area contributed by atoms with Gasteiger partial charge in [-0.25, -0.2) is 0 Å². The Hall–Kier alpha value is -2.82. The molecule has 0 unspecified atom stereocenters. The van der Waals surface area contributed by atoms with Gasteiger partial charge in [0.1, 0.15) is 12.4 Å². The van der Waals surface area contributed by atoms with E-state index in [9.17, 15) is 9.59 Å². The third-order valence-corrected chi connectivity index (χ3v) is 4.24. The quantitative estimate of drug-likeness (QED) is 0.879. The average molecular weight is 338 g/mol. The number of nitrogens with one attached hydrogen (secondary N) is 2. The molecule has 130 valence electrons. The minimum Gasteiger partial charge on any atom is -0.492 e. The molecule has 1 aliphatic heterocycles. The number of para-hydroxylation sites is 1. The van der Waals surface area contributed by atoms with Crippen molar-refractivity contribution in [2.75, 3.05) is 13.2 Å². The molecule has 2 N–H and O–H groups in total. The molecule has 0 fully saturated rings. The smallest absolute Gasteiger partial charge is 0.251 e. The number of benzene rings is 2. The molecule has 5 nitrogen and oxygen atoms in total. The van der Waals surface area contributed by atoms with Gasteiger partial charge in [0.2, 0.25) is 5.91 Å². The number of carbonyl (C=O) groups excluding carboxylic acids is 2. The van der Waals surface area contributed by atoms with Crippen molar-refractivity contribution in [1.82, 2.24) is 10.6 Å². The maximum absolute atomic E-state index is 12.4. The molecule has 2 amide bonds. The van der Waals surface area contributed by atoms with E-state index in [0.717, 1.165) is 16.9 Å². The topological polar surface area (TPSA) is 67.4 Å². The van der Waals surface area contributed by atoms with Crippen LogP contribution in [0.4, 0.5) is 0 Å². The largest absolute Gasteiger partial charge is 0.492 e. The Labute approximate surface area is 147 Å². The van der Waals surface area contributed by atoms with E-state index in [0.29, 0.717) is 31.7 Å². The van der Waals surface area contributed by atoms with Crippen LogP contribution < -0.4 is 15.4 Å². The lowest BCUT2D eigenvalue weighted by atomic mass is 9.96. The molecule has 5 heteroatoms.